The van der Waals surface area contributed by atoms with Crippen LogP contribution in [0.25, 0.3) is 11.0 Å². The lowest BCUT2D eigenvalue weighted by molar-refractivity contribution is -0.117. The summed E-state index contributed by atoms with van der Waals surface area (Å²) >= 11 is 0. The number of aryl methyl sites for hydroxylation is 2. The van der Waals surface area contributed by atoms with Gasteiger partial charge < -0.3 is 9.36 Å². The molecule has 0 aliphatic heterocycles. The molecule has 0 spiro atoms. The van der Waals surface area contributed by atoms with Crippen LogP contribution in [-0.2, 0) is 11.8 Å². The van der Waals surface area contributed by atoms with E-state index in [0.717, 1.165) is 24.2 Å². The largest absolute Gasteiger partial charge is 0.331 e. The van der Waals surface area contributed by atoms with Crippen molar-refractivity contribution in [3.63, 3.8) is 0 Å². The van der Waals surface area contributed by atoms with Crippen LogP contribution in [0.3, 0.4) is 0 Å². The Kier molecular flexibility index (Phi) is 4.88. The van der Waals surface area contributed by atoms with Crippen LogP contribution in [0.1, 0.15) is 32.5 Å². The standard InChI is InChI=1S/C9H10N2.C5H10O/c1-7-10-8-5-3-4-6-9(8)11(7)2;1-3-4-5(2)6/h3-6H,1-2H3;3-4H2,1-2H3. The fourth-order valence-corrected chi connectivity index (χ4v) is 1.62. The predicted octanol–water partition coefficient (Wildman–Crippen LogP) is 3.26. The third kappa shape index (κ3) is 3.70. The van der Waals surface area contributed by atoms with E-state index in [0.29, 0.717) is 0 Å². The maximum atomic E-state index is 10.0. The number of benzene rings is 1. The highest BCUT2D eigenvalue weighted by molar-refractivity contribution is 5.75. The van der Waals surface area contributed by atoms with Gasteiger partial charge in [0.1, 0.15) is 11.6 Å². The second-order valence-electron chi connectivity index (χ2n) is 4.16. The Morgan fingerprint density at radius 1 is 1.35 bits per heavy atom. The summed E-state index contributed by atoms with van der Waals surface area (Å²) in [6, 6.07) is 8.15. The molecule has 3 heteroatoms. The van der Waals surface area contributed by atoms with E-state index in [1.807, 2.05) is 39.1 Å². The molecular weight excluding hydrogens is 212 g/mol. The van der Waals surface area contributed by atoms with Gasteiger partial charge >= 0.3 is 0 Å². The van der Waals surface area contributed by atoms with Crippen LogP contribution < -0.4 is 0 Å². The monoisotopic (exact) mass is 232 g/mol. The number of imidazole rings is 1. The van der Waals surface area contributed by atoms with E-state index >= 15 is 0 Å². The molecule has 92 valence electrons. The van der Waals surface area contributed by atoms with E-state index in [1.165, 1.54) is 5.52 Å². The third-order valence-electron chi connectivity index (χ3n) is 2.61. The average Bonchev–Trinajstić information content (AvgIpc) is 2.56. The van der Waals surface area contributed by atoms with E-state index < -0.39 is 0 Å². The first kappa shape index (κ1) is 13.4. The van der Waals surface area contributed by atoms with Crippen molar-refractivity contribution < 1.29 is 4.79 Å². The van der Waals surface area contributed by atoms with E-state index in [2.05, 4.69) is 15.6 Å². The second kappa shape index (κ2) is 6.18. The molecule has 0 unspecified atom stereocenters. The van der Waals surface area contributed by atoms with Crippen molar-refractivity contribution >= 4 is 16.8 Å². The van der Waals surface area contributed by atoms with Crippen molar-refractivity contribution in [3.8, 4) is 0 Å². The van der Waals surface area contributed by atoms with Gasteiger partial charge in [0.25, 0.3) is 0 Å². The van der Waals surface area contributed by atoms with Crippen LogP contribution in [0.5, 0.6) is 0 Å². The summed E-state index contributed by atoms with van der Waals surface area (Å²) in [5.74, 6) is 1.35. The van der Waals surface area contributed by atoms with Gasteiger partial charge in [-0.3, -0.25) is 0 Å². The van der Waals surface area contributed by atoms with Crippen LogP contribution in [-0.4, -0.2) is 15.3 Å². The molecule has 0 fully saturated rings. The summed E-state index contributed by atoms with van der Waals surface area (Å²) in [6.07, 6.45) is 1.72. The molecule has 0 amide bonds. The van der Waals surface area contributed by atoms with Gasteiger partial charge in [-0.2, -0.15) is 0 Å². The topological polar surface area (TPSA) is 34.9 Å². The second-order valence-corrected chi connectivity index (χ2v) is 4.16. The fourth-order valence-electron chi connectivity index (χ4n) is 1.62. The lowest BCUT2D eigenvalue weighted by Crippen LogP contribution is -1.89. The zero-order chi connectivity index (χ0) is 12.8. The van der Waals surface area contributed by atoms with Gasteiger partial charge in [-0.1, -0.05) is 19.1 Å². The molecule has 0 radical (unpaired) electrons. The van der Waals surface area contributed by atoms with Crippen LogP contribution in [0.15, 0.2) is 24.3 Å². The highest BCUT2D eigenvalue weighted by Crippen LogP contribution is 2.12. The van der Waals surface area contributed by atoms with E-state index in [1.54, 1.807) is 6.92 Å². The van der Waals surface area contributed by atoms with Gasteiger partial charge in [-0.05, 0) is 32.4 Å². The smallest absolute Gasteiger partial charge is 0.129 e. The normalized spacial score (nSPS) is 9.88. The number of carbonyl (C=O) groups excluding carboxylic acids is 1. The van der Waals surface area contributed by atoms with Crippen LogP contribution in [0.2, 0.25) is 0 Å². The number of hydrogen-bond donors (Lipinski definition) is 0. The molecule has 17 heavy (non-hydrogen) atoms. The molecule has 2 aromatic rings. The highest BCUT2D eigenvalue weighted by atomic mass is 16.1. The summed E-state index contributed by atoms with van der Waals surface area (Å²) in [7, 11) is 2.03. The molecule has 0 saturated carbocycles. The van der Waals surface area contributed by atoms with Crippen molar-refractivity contribution in [1.29, 1.82) is 0 Å². The first-order valence-corrected chi connectivity index (χ1v) is 5.93. The Balaban J connectivity index is 0.000000209. The minimum atomic E-state index is 0.289. The first-order chi connectivity index (χ1) is 8.06. The van der Waals surface area contributed by atoms with E-state index in [9.17, 15) is 4.79 Å². The molecule has 3 nitrogen and oxygen atoms in total. The number of fused-ring (bicyclic) bond motifs is 1. The molecule has 0 bridgehead atoms. The number of carbonyl (C=O) groups is 1. The van der Waals surface area contributed by atoms with Crippen LogP contribution in [0, 0.1) is 6.92 Å². The minimum absolute atomic E-state index is 0.289. The van der Waals surface area contributed by atoms with Gasteiger partial charge in [0.15, 0.2) is 0 Å². The molecule has 0 atom stereocenters. The molecule has 0 saturated heterocycles. The van der Waals surface area contributed by atoms with Gasteiger partial charge in [0.05, 0.1) is 11.0 Å². The Hall–Kier alpha value is -1.64. The van der Waals surface area contributed by atoms with E-state index in [-0.39, 0.29) is 5.78 Å². The average molecular weight is 232 g/mol. The lowest BCUT2D eigenvalue weighted by atomic mass is 10.3. The molecule has 1 heterocycles. The maximum absolute atomic E-state index is 10.0. The van der Waals surface area contributed by atoms with Gasteiger partial charge in [0, 0.05) is 13.5 Å². The Morgan fingerprint density at radius 2 is 2.00 bits per heavy atom. The molecule has 1 aromatic carbocycles. The van der Waals surface area contributed by atoms with Crippen LogP contribution >= 0.6 is 0 Å². The highest BCUT2D eigenvalue weighted by Gasteiger charge is 2.00. The van der Waals surface area contributed by atoms with Crippen molar-refractivity contribution in [2.24, 2.45) is 7.05 Å². The van der Waals surface area contributed by atoms with Crippen molar-refractivity contribution in [3.05, 3.63) is 30.1 Å². The molecule has 0 N–H and O–H groups in total. The van der Waals surface area contributed by atoms with Crippen molar-refractivity contribution in [2.75, 3.05) is 0 Å². The SMILES string of the molecule is CCCC(C)=O.Cc1nc2ccccc2n1C. The van der Waals surface area contributed by atoms with Crippen LogP contribution in [0.4, 0.5) is 0 Å². The zero-order valence-corrected chi connectivity index (χ0v) is 11.0. The quantitative estimate of drug-likeness (QED) is 0.796. The molecule has 2 rings (SSSR count). The summed E-state index contributed by atoms with van der Waals surface area (Å²) < 4.78 is 2.09. The number of hydrogen-bond acceptors (Lipinski definition) is 2. The minimum Gasteiger partial charge on any atom is -0.331 e. The third-order valence-corrected chi connectivity index (χ3v) is 2.61. The molecule has 1 aromatic heterocycles. The molecule has 0 aliphatic carbocycles. The van der Waals surface area contributed by atoms with Gasteiger partial charge in [-0.25, -0.2) is 4.98 Å². The Morgan fingerprint density at radius 3 is 2.47 bits per heavy atom. The Bertz CT molecular complexity index is 500. The summed E-state index contributed by atoms with van der Waals surface area (Å²) in [6.45, 7) is 5.63. The number of aromatic nitrogens is 2. The number of ketones is 1. The predicted molar refractivity (Wildman–Crippen MR) is 71.0 cm³/mol. The van der Waals surface area contributed by atoms with Crippen molar-refractivity contribution in [1.82, 2.24) is 9.55 Å². The maximum Gasteiger partial charge on any atom is 0.129 e. The molecule has 0 aliphatic rings. The van der Waals surface area contributed by atoms with E-state index in [4.69, 9.17) is 0 Å². The Labute approximate surface area is 102 Å². The number of nitrogens with zero attached hydrogens (tertiary/aromatic N) is 2. The summed E-state index contributed by atoms with van der Waals surface area (Å²) in [5.41, 5.74) is 2.28. The summed E-state index contributed by atoms with van der Waals surface area (Å²) in [5, 5.41) is 0. The zero-order valence-electron chi connectivity index (χ0n) is 11.0. The van der Waals surface area contributed by atoms with Gasteiger partial charge in [0.2, 0.25) is 0 Å². The number of para-hydroxylation sites is 2. The van der Waals surface area contributed by atoms with Gasteiger partial charge in [-0.15, -0.1) is 0 Å². The fraction of sp³-hybridized carbons (Fsp3) is 0.429. The number of rotatable bonds is 2. The lowest BCUT2D eigenvalue weighted by Gasteiger charge is -1.93. The molecular formula is C14H20N2O. The first-order valence-electron chi connectivity index (χ1n) is 5.93. The van der Waals surface area contributed by atoms with Crippen molar-refractivity contribution in [2.45, 2.75) is 33.6 Å². The summed E-state index contributed by atoms with van der Waals surface area (Å²) in [4.78, 5) is 14.4. The number of Topliss-reactive ketones (excluding diaryl/α,β-unsaturated/α-hetero) is 1.